The number of amides is 3. The van der Waals surface area contributed by atoms with Gasteiger partial charge in [0.05, 0.1) is 68.8 Å². The molecule has 0 bridgehead atoms. The summed E-state index contributed by atoms with van der Waals surface area (Å²) in [7, 11) is -1.07. The molecule has 10 rings (SSSR count). The first-order valence-corrected chi connectivity index (χ1v) is 24.8. The fraction of sp³-hybridized carbons (Fsp3) is 0.275. The lowest BCUT2D eigenvalue weighted by atomic mass is 9.82. The highest BCUT2D eigenvalue weighted by atomic mass is 28.3. The Hall–Kier alpha value is -6.67. The summed E-state index contributed by atoms with van der Waals surface area (Å²) in [6, 6.07) is 39.1. The van der Waals surface area contributed by atoms with Crippen LogP contribution >= 0.6 is 0 Å². The third kappa shape index (κ3) is 6.35. The highest BCUT2D eigenvalue weighted by molar-refractivity contribution is 6.91. The van der Waals surface area contributed by atoms with Crippen LogP contribution in [0.15, 0.2) is 127 Å². The van der Waals surface area contributed by atoms with E-state index in [1.807, 2.05) is 116 Å². The molecule has 5 atom stereocenters. The quantitative estimate of drug-likeness (QED) is 0.0826. The molecule has 1 spiro atoms. The first-order chi connectivity index (χ1) is 30.8. The number of non-ortho nitro benzene ring substituents is 1. The number of aliphatic hydroxyl groups is 1. The molecule has 0 saturated carbocycles. The van der Waals surface area contributed by atoms with Crippen molar-refractivity contribution in [1.29, 1.82) is 0 Å². The maximum atomic E-state index is 15.5. The van der Waals surface area contributed by atoms with Crippen molar-refractivity contribution in [1.82, 2.24) is 4.90 Å². The van der Waals surface area contributed by atoms with E-state index in [9.17, 15) is 24.8 Å². The van der Waals surface area contributed by atoms with Crippen molar-refractivity contribution >= 4 is 64.5 Å². The Bertz CT molecular complexity index is 2880. The standard InChI is InChI=1S/C51H48N4O8Si/c1-31-48(64(3,4)40-22-20-39(62-2)21-23-40)45(27-46(57)52-29-35-10-6-5-9-34(35)25-38(52)30-56)63-51(31)42-26-37(55(60)61)19-24-43(42)53(50(51)59)28-32-15-17-36(18-16-32)54-44-14-8-12-33-11-7-13-41(47(33)44)49(54)58/h5-24,26,31,38,45,48,56H,25,27-30H2,1-4H3/t31-,38+,45+,48-,51+/m1/s1. The van der Waals surface area contributed by atoms with Crippen molar-refractivity contribution in [2.45, 2.75) is 69.2 Å². The van der Waals surface area contributed by atoms with Crippen molar-refractivity contribution in [2.75, 3.05) is 23.5 Å². The summed E-state index contributed by atoms with van der Waals surface area (Å²) in [5.74, 6) is -0.463. The second-order valence-electron chi connectivity index (χ2n) is 18.0. The number of nitrogens with zero attached hydrogens (tertiary/aromatic N) is 4. The summed E-state index contributed by atoms with van der Waals surface area (Å²) in [5.41, 5.74) is 3.83. The van der Waals surface area contributed by atoms with Crippen molar-refractivity contribution in [3.63, 3.8) is 0 Å². The lowest BCUT2D eigenvalue weighted by Crippen LogP contribution is -2.52. The maximum Gasteiger partial charge on any atom is 0.269 e. The molecule has 0 aliphatic carbocycles. The number of fused-ring (bicyclic) bond motifs is 3. The molecule has 0 unspecified atom stereocenters. The highest BCUT2D eigenvalue weighted by Gasteiger charge is 2.67. The molecule has 4 aliphatic rings. The van der Waals surface area contributed by atoms with E-state index in [0.717, 1.165) is 38.3 Å². The third-order valence-corrected chi connectivity index (χ3v) is 18.7. The number of aliphatic hydroxyl groups excluding tert-OH is 1. The number of methoxy groups -OCH3 is 1. The Morgan fingerprint density at radius 1 is 0.906 bits per heavy atom. The van der Waals surface area contributed by atoms with Gasteiger partial charge in [-0.25, -0.2) is 0 Å². The van der Waals surface area contributed by atoms with Crippen molar-refractivity contribution in [3.8, 4) is 5.75 Å². The zero-order valence-corrected chi connectivity index (χ0v) is 37.1. The second kappa shape index (κ2) is 15.5. The van der Waals surface area contributed by atoms with E-state index in [1.54, 1.807) is 27.9 Å². The number of nitro groups is 1. The Morgan fingerprint density at radius 3 is 2.33 bits per heavy atom. The van der Waals surface area contributed by atoms with Gasteiger partial charge in [-0.3, -0.25) is 29.4 Å². The van der Waals surface area contributed by atoms with Gasteiger partial charge >= 0.3 is 0 Å². The summed E-state index contributed by atoms with van der Waals surface area (Å²) in [5, 5.41) is 25.9. The summed E-state index contributed by atoms with van der Waals surface area (Å²) >= 11 is 0. The number of carbonyl (C=O) groups is 3. The van der Waals surface area contributed by atoms with Crippen LogP contribution < -0.4 is 19.7 Å². The van der Waals surface area contributed by atoms with Crippen LogP contribution in [-0.4, -0.2) is 66.6 Å². The van der Waals surface area contributed by atoms with Gasteiger partial charge in [-0.2, -0.15) is 0 Å². The average Bonchev–Trinajstić information content (AvgIpc) is 3.86. The summed E-state index contributed by atoms with van der Waals surface area (Å²) in [4.78, 5) is 61.0. The molecule has 1 N–H and O–H groups in total. The van der Waals surface area contributed by atoms with E-state index in [0.29, 0.717) is 41.2 Å². The molecular weight excluding hydrogens is 825 g/mol. The number of anilines is 3. The monoisotopic (exact) mass is 872 g/mol. The molecule has 4 aliphatic heterocycles. The van der Waals surface area contributed by atoms with Gasteiger partial charge < -0.3 is 24.4 Å². The molecule has 0 aromatic heterocycles. The van der Waals surface area contributed by atoms with E-state index in [2.05, 4.69) is 13.1 Å². The highest BCUT2D eigenvalue weighted by Crippen LogP contribution is 2.60. The zero-order chi connectivity index (χ0) is 44.7. The molecule has 12 nitrogen and oxygen atoms in total. The number of rotatable bonds is 10. The minimum absolute atomic E-state index is 0.0478. The normalized spacial score (nSPS) is 22.4. The van der Waals surface area contributed by atoms with Gasteiger partial charge in [-0.05, 0) is 76.5 Å². The Labute approximate surface area is 371 Å². The lowest BCUT2D eigenvalue weighted by Gasteiger charge is -2.39. The Kier molecular flexibility index (Phi) is 10.0. The van der Waals surface area contributed by atoms with Gasteiger partial charge in [0.25, 0.3) is 17.5 Å². The van der Waals surface area contributed by atoms with Gasteiger partial charge in [0.2, 0.25) is 5.91 Å². The van der Waals surface area contributed by atoms with Crippen LogP contribution in [0.4, 0.5) is 22.7 Å². The molecule has 6 aromatic carbocycles. The predicted molar refractivity (Wildman–Crippen MR) is 247 cm³/mol. The molecule has 6 aromatic rings. The molecule has 13 heteroatoms. The molecule has 324 valence electrons. The van der Waals surface area contributed by atoms with Crippen LogP contribution in [0.1, 0.15) is 46.0 Å². The van der Waals surface area contributed by atoms with Gasteiger partial charge in [0.1, 0.15) is 5.75 Å². The zero-order valence-electron chi connectivity index (χ0n) is 36.1. The van der Waals surface area contributed by atoms with Crippen molar-refractivity contribution in [2.24, 2.45) is 5.92 Å². The molecular formula is C51H48N4O8Si. The smallest absolute Gasteiger partial charge is 0.269 e. The largest absolute Gasteiger partial charge is 0.497 e. The number of carbonyl (C=O) groups excluding carboxylic acids is 3. The van der Waals surface area contributed by atoms with Crippen LogP contribution in [0.2, 0.25) is 18.6 Å². The molecule has 1 fully saturated rings. The molecule has 3 amide bonds. The number of nitro benzene ring substituents is 1. The fourth-order valence-electron chi connectivity index (χ4n) is 11.2. The topological polar surface area (TPSA) is 143 Å². The van der Waals surface area contributed by atoms with Gasteiger partial charge in [0, 0.05) is 41.2 Å². The Morgan fingerprint density at radius 2 is 1.62 bits per heavy atom. The molecule has 1 saturated heterocycles. The first-order valence-electron chi connectivity index (χ1n) is 21.7. The van der Waals surface area contributed by atoms with Crippen LogP contribution in [0.5, 0.6) is 5.75 Å². The number of ether oxygens (including phenoxy) is 2. The molecule has 0 radical (unpaired) electrons. The van der Waals surface area contributed by atoms with E-state index in [4.69, 9.17) is 9.47 Å². The van der Waals surface area contributed by atoms with Gasteiger partial charge in [-0.1, -0.05) is 98.0 Å². The van der Waals surface area contributed by atoms with E-state index in [-0.39, 0.29) is 48.5 Å². The lowest BCUT2D eigenvalue weighted by molar-refractivity contribution is -0.385. The SMILES string of the molecule is COc1ccc([Si](C)(C)[C@H]2[C@H](CC(=O)N3Cc4ccccc4C[C@H]3CO)O[C@@]3(C(=O)N(Cc4ccc(N5C(=O)c6cccc7cccc5c67)cc4)c4ccc([N+](=O)[O-])cc43)[C@@H]2C)cc1. The van der Waals surface area contributed by atoms with E-state index >= 15 is 4.79 Å². The minimum atomic E-state index is -2.69. The number of hydrogen-bond acceptors (Lipinski definition) is 8. The maximum absolute atomic E-state index is 15.5. The van der Waals surface area contributed by atoms with Crippen LogP contribution in [0, 0.1) is 16.0 Å². The number of benzene rings is 6. The summed E-state index contributed by atoms with van der Waals surface area (Å²) < 4.78 is 12.7. The van der Waals surface area contributed by atoms with Crippen LogP contribution in [0.3, 0.4) is 0 Å². The van der Waals surface area contributed by atoms with Gasteiger partial charge in [0.15, 0.2) is 5.60 Å². The average molecular weight is 873 g/mol. The number of hydrogen-bond donors (Lipinski definition) is 1. The van der Waals surface area contributed by atoms with Crippen molar-refractivity contribution in [3.05, 3.63) is 165 Å². The Balaban J connectivity index is 1.02. The van der Waals surface area contributed by atoms with Crippen LogP contribution in [-0.2, 0) is 39.4 Å². The fourth-order valence-corrected chi connectivity index (χ4v) is 15.2. The van der Waals surface area contributed by atoms with Crippen LogP contribution in [0.25, 0.3) is 10.8 Å². The molecule has 4 heterocycles. The van der Waals surface area contributed by atoms with Gasteiger partial charge in [-0.15, -0.1) is 0 Å². The first kappa shape index (κ1) is 41.3. The second-order valence-corrected chi connectivity index (χ2v) is 22.7. The predicted octanol–water partition coefficient (Wildman–Crippen LogP) is 8.15. The summed E-state index contributed by atoms with van der Waals surface area (Å²) in [6.45, 7) is 6.70. The third-order valence-electron chi connectivity index (χ3n) is 14.4. The molecule has 64 heavy (non-hydrogen) atoms. The van der Waals surface area contributed by atoms with E-state index in [1.165, 1.54) is 12.1 Å². The van der Waals surface area contributed by atoms with Crippen molar-refractivity contribution < 1.29 is 33.9 Å². The van der Waals surface area contributed by atoms with E-state index < -0.39 is 36.7 Å². The minimum Gasteiger partial charge on any atom is -0.497 e. The summed E-state index contributed by atoms with van der Waals surface area (Å²) in [6.07, 6.45) is -0.276.